The molecule has 0 saturated heterocycles. The number of nitrogens with zero attached hydrogens (tertiary/aromatic N) is 2. The monoisotopic (exact) mass is 250 g/mol. The molecule has 5 nitrogen and oxygen atoms in total. The molecule has 8 heteroatoms. The second kappa shape index (κ2) is 4.48. The van der Waals surface area contributed by atoms with Gasteiger partial charge in [0.2, 0.25) is 0 Å². The van der Waals surface area contributed by atoms with Gasteiger partial charge in [0.05, 0.1) is 0 Å². The number of hydrogen-bond acceptors (Lipinski definition) is 4. The first kappa shape index (κ1) is 12.4. The zero-order chi connectivity index (χ0) is 12.5. The molecule has 16 heavy (non-hydrogen) atoms. The van der Waals surface area contributed by atoms with E-state index < -0.39 is 33.5 Å². The Morgan fingerprint density at radius 1 is 1.62 bits per heavy atom. The van der Waals surface area contributed by atoms with E-state index in [1.165, 1.54) is 6.92 Å². The quantitative estimate of drug-likeness (QED) is 0.469. The number of rotatable bonds is 3. The molecule has 0 N–H and O–H groups in total. The summed E-state index contributed by atoms with van der Waals surface area (Å²) in [5.41, 5.74) is -1.62. The Morgan fingerprint density at radius 3 is 2.56 bits per heavy atom. The minimum Gasteiger partial charge on any atom is -0.358 e. The van der Waals surface area contributed by atoms with Crippen LogP contribution in [0.25, 0.3) is 0 Å². The maximum Gasteiger partial charge on any atom is 0.376 e. The van der Waals surface area contributed by atoms with Gasteiger partial charge in [-0.05, 0) is 27.6 Å². The molecule has 0 aromatic carbocycles. The first-order chi connectivity index (χ1) is 7.34. The van der Waals surface area contributed by atoms with Gasteiger partial charge in [0.25, 0.3) is 11.7 Å². The van der Waals surface area contributed by atoms with E-state index in [-0.39, 0.29) is 5.69 Å². The van der Waals surface area contributed by atoms with Gasteiger partial charge in [-0.2, -0.15) is 0 Å². The first-order valence-corrected chi connectivity index (χ1v) is 4.36. The fraction of sp³-hybridized carbons (Fsp3) is 0.250. The van der Waals surface area contributed by atoms with E-state index in [1.807, 2.05) is 0 Å². The summed E-state index contributed by atoms with van der Waals surface area (Å²) in [5.74, 6) is -0.949. The van der Waals surface area contributed by atoms with Crippen molar-refractivity contribution in [1.29, 1.82) is 0 Å². The van der Waals surface area contributed by atoms with Crippen LogP contribution in [0.2, 0.25) is 0 Å². The molecule has 86 valence electrons. The minimum atomic E-state index is -3.03. The van der Waals surface area contributed by atoms with E-state index in [0.717, 1.165) is 6.07 Å². The van der Waals surface area contributed by atoms with Crippen LogP contribution in [-0.2, 0) is 0 Å². The summed E-state index contributed by atoms with van der Waals surface area (Å²) in [6.07, 6.45) is -3.03. The Hall–Kier alpha value is -1.63. The molecule has 1 heterocycles. The van der Waals surface area contributed by atoms with Crippen molar-refractivity contribution in [2.24, 2.45) is 0 Å². The molecule has 0 spiro atoms. The number of carbonyl (C=O) groups excluding carboxylic acids is 1. The molecule has 1 rings (SSSR count). The van der Waals surface area contributed by atoms with Crippen molar-refractivity contribution >= 4 is 22.7 Å². The van der Waals surface area contributed by atoms with Crippen LogP contribution in [0.5, 0.6) is 0 Å². The number of alkyl halides is 2. The van der Waals surface area contributed by atoms with Gasteiger partial charge in [0, 0.05) is 12.5 Å². The highest BCUT2D eigenvalue weighted by molar-refractivity contribution is 6.68. The summed E-state index contributed by atoms with van der Waals surface area (Å²) in [5, 5.41) is 9.22. The third-order valence-corrected chi connectivity index (χ3v) is 1.95. The van der Waals surface area contributed by atoms with Gasteiger partial charge in [-0.15, -0.1) is 0 Å². The van der Waals surface area contributed by atoms with Crippen molar-refractivity contribution in [2.75, 3.05) is 0 Å². The average molecular weight is 251 g/mol. The highest BCUT2D eigenvalue weighted by atomic mass is 35.5. The maximum atomic E-state index is 12.6. The van der Waals surface area contributed by atoms with Crippen molar-refractivity contribution in [3.05, 3.63) is 33.0 Å². The topological polar surface area (TPSA) is 73.1 Å². The van der Waals surface area contributed by atoms with Gasteiger partial charge in [0.1, 0.15) is 5.56 Å². The minimum absolute atomic E-state index is 0.0173. The molecular weight excluding hydrogens is 246 g/mol. The van der Waals surface area contributed by atoms with E-state index in [9.17, 15) is 23.7 Å². The van der Waals surface area contributed by atoms with E-state index in [0.29, 0.717) is 0 Å². The van der Waals surface area contributed by atoms with Gasteiger partial charge in [-0.3, -0.25) is 4.79 Å². The molecule has 0 unspecified atom stereocenters. The third kappa shape index (κ3) is 2.30. The van der Waals surface area contributed by atoms with Gasteiger partial charge in [-0.1, -0.05) is 0 Å². The Kier molecular flexibility index (Phi) is 3.48. The van der Waals surface area contributed by atoms with Gasteiger partial charge >= 0.3 is 5.82 Å². The summed E-state index contributed by atoms with van der Waals surface area (Å²) in [6.45, 7) is 1.31. The molecule has 0 aliphatic carbocycles. The second-order valence-corrected chi connectivity index (χ2v) is 3.23. The van der Waals surface area contributed by atoms with Crippen molar-refractivity contribution < 1.29 is 18.5 Å². The standard InChI is InChI=1S/C8H5ClF2N2O3/c1-3-2-4(7(10)11)5(6(9)14)8(12-3)13(15)16/h2,7H,1H3. The Morgan fingerprint density at radius 2 is 2.19 bits per heavy atom. The van der Waals surface area contributed by atoms with E-state index >= 15 is 0 Å². The van der Waals surface area contributed by atoms with Crippen LogP contribution in [0, 0.1) is 17.0 Å². The normalized spacial score (nSPS) is 10.6. The fourth-order valence-corrected chi connectivity index (χ4v) is 1.38. The highest BCUT2D eigenvalue weighted by Gasteiger charge is 2.29. The fourth-order valence-electron chi connectivity index (χ4n) is 1.19. The van der Waals surface area contributed by atoms with Crippen LogP contribution < -0.4 is 0 Å². The van der Waals surface area contributed by atoms with Gasteiger partial charge < -0.3 is 10.1 Å². The van der Waals surface area contributed by atoms with E-state index in [4.69, 9.17) is 11.6 Å². The van der Waals surface area contributed by atoms with Gasteiger partial charge in [-0.25, -0.2) is 8.78 Å². The van der Waals surface area contributed by atoms with Crippen molar-refractivity contribution in [3.63, 3.8) is 0 Å². The smallest absolute Gasteiger partial charge is 0.358 e. The van der Waals surface area contributed by atoms with Crippen LogP contribution >= 0.6 is 11.6 Å². The number of pyridine rings is 1. The zero-order valence-electron chi connectivity index (χ0n) is 7.91. The van der Waals surface area contributed by atoms with Crippen LogP contribution in [-0.4, -0.2) is 15.1 Å². The zero-order valence-corrected chi connectivity index (χ0v) is 8.66. The molecule has 1 aromatic rings. The Labute approximate surface area is 93.2 Å². The van der Waals surface area contributed by atoms with E-state index in [1.54, 1.807) is 0 Å². The number of aromatic nitrogens is 1. The summed E-state index contributed by atoms with van der Waals surface area (Å²) < 4.78 is 25.1. The number of halogens is 3. The lowest BCUT2D eigenvalue weighted by Gasteiger charge is -2.05. The van der Waals surface area contributed by atoms with Crippen molar-refractivity contribution in [3.8, 4) is 0 Å². The Bertz CT molecular complexity index is 465. The third-order valence-electron chi connectivity index (χ3n) is 1.76. The number of aryl methyl sites for hydroxylation is 1. The molecule has 0 bridgehead atoms. The van der Waals surface area contributed by atoms with Crippen LogP contribution in [0.1, 0.15) is 28.0 Å². The molecule has 0 saturated carbocycles. The SMILES string of the molecule is Cc1cc(C(F)F)c(C(=O)Cl)c([N+](=O)[O-])n1. The lowest BCUT2D eigenvalue weighted by atomic mass is 10.1. The summed E-state index contributed by atoms with van der Waals surface area (Å²) in [7, 11) is 0. The average Bonchev–Trinajstić information content (AvgIpc) is 2.15. The Balaban J connectivity index is 3.60. The van der Waals surface area contributed by atoms with E-state index in [2.05, 4.69) is 4.98 Å². The molecular formula is C8H5ClF2N2O3. The first-order valence-electron chi connectivity index (χ1n) is 3.98. The van der Waals surface area contributed by atoms with Crippen LogP contribution in [0.3, 0.4) is 0 Å². The molecule has 0 atom stereocenters. The number of nitro groups is 1. The van der Waals surface area contributed by atoms with Crippen molar-refractivity contribution in [1.82, 2.24) is 4.98 Å². The number of hydrogen-bond donors (Lipinski definition) is 0. The predicted molar refractivity (Wildman–Crippen MR) is 50.8 cm³/mol. The summed E-state index contributed by atoms with van der Waals surface area (Å²) in [4.78, 5) is 23.8. The summed E-state index contributed by atoms with van der Waals surface area (Å²) >= 11 is 5.04. The predicted octanol–water partition coefficient (Wildman–Crippen LogP) is 2.61. The lowest BCUT2D eigenvalue weighted by Crippen LogP contribution is -2.07. The molecule has 0 fully saturated rings. The largest absolute Gasteiger partial charge is 0.376 e. The molecule has 0 radical (unpaired) electrons. The maximum absolute atomic E-state index is 12.6. The lowest BCUT2D eigenvalue weighted by molar-refractivity contribution is -0.389. The highest BCUT2D eigenvalue weighted by Crippen LogP contribution is 2.30. The van der Waals surface area contributed by atoms with Crippen molar-refractivity contribution in [2.45, 2.75) is 13.3 Å². The molecule has 0 aliphatic rings. The van der Waals surface area contributed by atoms with Crippen LogP contribution in [0.4, 0.5) is 14.6 Å². The second-order valence-electron chi connectivity index (χ2n) is 2.88. The van der Waals surface area contributed by atoms with Crippen LogP contribution in [0.15, 0.2) is 6.07 Å². The molecule has 1 aromatic heterocycles. The number of carbonyl (C=O) groups is 1. The van der Waals surface area contributed by atoms with Gasteiger partial charge in [0.15, 0.2) is 5.69 Å². The molecule has 0 amide bonds. The molecule has 0 aliphatic heterocycles. The summed E-state index contributed by atoms with van der Waals surface area (Å²) in [6, 6.07) is 0.896.